The third-order valence-corrected chi connectivity index (χ3v) is 2.79. The van der Waals surface area contributed by atoms with Gasteiger partial charge in [-0.2, -0.15) is 0 Å². The molecule has 0 bridgehead atoms. The van der Waals surface area contributed by atoms with Gasteiger partial charge in [0.05, 0.1) is 5.25 Å². The highest BCUT2D eigenvalue weighted by Gasteiger charge is 2.05. The van der Waals surface area contributed by atoms with Crippen molar-refractivity contribution in [2.24, 2.45) is 0 Å². The molecule has 0 nitrogen and oxygen atoms in total. The van der Waals surface area contributed by atoms with E-state index in [0.717, 1.165) is 0 Å². The van der Waals surface area contributed by atoms with E-state index in [1.807, 2.05) is 18.2 Å². The highest BCUT2D eigenvalue weighted by molar-refractivity contribution is 7.80. The number of hydrogen-bond acceptors (Lipinski definition) is 0. The molecule has 0 aliphatic heterocycles. The molecule has 1 atom stereocenters. The van der Waals surface area contributed by atoms with Crippen LogP contribution in [0.5, 0.6) is 0 Å². The van der Waals surface area contributed by atoms with Gasteiger partial charge in [0.2, 0.25) is 0 Å². The Labute approximate surface area is 89.7 Å². The normalized spacial score (nSPS) is 12.6. The molecule has 1 unspecified atom stereocenters. The molecular formula is C13H11S. The number of benzene rings is 2. The average molecular weight is 199 g/mol. The summed E-state index contributed by atoms with van der Waals surface area (Å²) in [6, 6.07) is 14.5. The molecule has 0 aliphatic carbocycles. The minimum absolute atomic E-state index is 0.00102. The van der Waals surface area contributed by atoms with Gasteiger partial charge in [-0.05, 0) is 16.3 Å². The first kappa shape index (κ1) is 9.35. The minimum atomic E-state index is 0.00102. The first-order valence-electron chi connectivity index (χ1n) is 4.59. The molecule has 0 saturated heterocycles. The van der Waals surface area contributed by atoms with Gasteiger partial charge in [0.1, 0.15) is 0 Å². The average Bonchev–Trinajstić information content (AvgIpc) is 2.27. The summed E-state index contributed by atoms with van der Waals surface area (Å²) < 4.78 is 0. The fraction of sp³-hybridized carbons (Fsp3) is 0.0769. The van der Waals surface area contributed by atoms with Crippen LogP contribution in [0.15, 0.2) is 55.1 Å². The van der Waals surface area contributed by atoms with E-state index >= 15 is 0 Å². The van der Waals surface area contributed by atoms with Gasteiger partial charge in [-0.3, -0.25) is 0 Å². The van der Waals surface area contributed by atoms with Crippen LogP contribution in [0.1, 0.15) is 10.8 Å². The van der Waals surface area contributed by atoms with Gasteiger partial charge in [0, 0.05) is 0 Å². The van der Waals surface area contributed by atoms with Crippen molar-refractivity contribution < 1.29 is 0 Å². The van der Waals surface area contributed by atoms with E-state index in [0.29, 0.717) is 0 Å². The fourth-order valence-corrected chi connectivity index (χ4v) is 1.83. The van der Waals surface area contributed by atoms with E-state index in [-0.39, 0.29) is 5.25 Å². The topological polar surface area (TPSA) is 0 Å². The van der Waals surface area contributed by atoms with Crippen molar-refractivity contribution in [1.29, 1.82) is 0 Å². The zero-order valence-corrected chi connectivity index (χ0v) is 8.63. The lowest BCUT2D eigenvalue weighted by Crippen LogP contribution is -1.87. The van der Waals surface area contributed by atoms with Crippen LogP contribution in [-0.2, 0) is 0 Å². The van der Waals surface area contributed by atoms with Crippen LogP contribution < -0.4 is 0 Å². The molecular weight excluding hydrogens is 188 g/mol. The summed E-state index contributed by atoms with van der Waals surface area (Å²) >= 11 is 5.31. The lowest BCUT2D eigenvalue weighted by Gasteiger charge is -2.08. The molecule has 0 heterocycles. The van der Waals surface area contributed by atoms with Crippen molar-refractivity contribution in [1.82, 2.24) is 0 Å². The summed E-state index contributed by atoms with van der Waals surface area (Å²) in [5.74, 6) is 0. The van der Waals surface area contributed by atoms with Gasteiger partial charge < -0.3 is 0 Å². The molecule has 0 spiro atoms. The molecule has 0 aliphatic rings. The first-order chi connectivity index (χ1) is 6.83. The molecule has 0 N–H and O–H groups in total. The van der Waals surface area contributed by atoms with Crippen LogP contribution >= 0.6 is 12.6 Å². The zero-order chi connectivity index (χ0) is 9.97. The zero-order valence-electron chi connectivity index (χ0n) is 7.81. The second kappa shape index (κ2) is 3.89. The van der Waals surface area contributed by atoms with E-state index in [1.165, 1.54) is 16.3 Å². The maximum absolute atomic E-state index is 5.31. The molecule has 0 amide bonds. The van der Waals surface area contributed by atoms with Gasteiger partial charge in [-0.15, -0.1) is 6.58 Å². The van der Waals surface area contributed by atoms with Gasteiger partial charge in [-0.25, -0.2) is 0 Å². The summed E-state index contributed by atoms with van der Waals surface area (Å²) in [5.41, 5.74) is 1.17. The SMILES string of the molecule is C=CC([S])c1cccc2ccccc12. The fourth-order valence-electron chi connectivity index (χ4n) is 1.63. The lowest BCUT2D eigenvalue weighted by atomic mass is 10.0. The molecule has 2 aromatic carbocycles. The standard InChI is InChI=1S/C13H11S/c1-2-13(14)12-9-5-7-10-6-3-4-8-11(10)12/h2-9,13H,1H2. The maximum Gasteiger partial charge on any atom is 0.0584 e. The Kier molecular flexibility index (Phi) is 2.60. The highest BCUT2D eigenvalue weighted by Crippen LogP contribution is 2.28. The van der Waals surface area contributed by atoms with Crippen LogP contribution in [0.25, 0.3) is 10.8 Å². The maximum atomic E-state index is 5.31. The Morgan fingerprint density at radius 2 is 1.79 bits per heavy atom. The van der Waals surface area contributed by atoms with Gasteiger partial charge in [0.15, 0.2) is 0 Å². The van der Waals surface area contributed by atoms with Crippen molar-refractivity contribution in [3.63, 3.8) is 0 Å². The molecule has 0 aromatic heterocycles. The third kappa shape index (κ3) is 1.55. The number of fused-ring (bicyclic) bond motifs is 1. The summed E-state index contributed by atoms with van der Waals surface area (Å²) in [6.07, 6.45) is 1.80. The van der Waals surface area contributed by atoms with Crippen LogP contribution in [-0.4, -0.2) is 0 Å². The minimum Gasteiger partial charge on any atom is -0.102 e. The Morgan fingerprint density at radius 1 is 1.07 bits per heavy atom. The van der Waals surface area contributed by atoms with Crippen molar-refractivity contribution in [2.75, 3.05) is 0 Å². The smallest absolute Gasteiger partial charge is 0.0584 e. The predicted molar refractivity (Wildman–Crippen MR) is 64.5 cm³/mol. The quantitative estimate of drug-likeness (QED) is 0.634. The molecule has 69 valence electrons. The Morgan fingerprint density at radius 3 is 2.57 bits per heavy atom. The highest BCUT2D eigenvalue weighted by atomic mass is 32.1. The van der Waals surface area contributed by atoms with Crippen molar-refractivity contribution in [3.8, 4) is 0 Å². The Hall–Kier alpha value is -1.21. The van der Waals surface area contributed by atoms with Gasteiger partial charge in [-0.1, -0.05) is 61.2 Å². The second-order valence-electron chi connectivity index (χ2n) is 3.22. The Bertz CT molecular complexity index is 454. The summed E-state index contributed by atoms with van der Waals surface area (Å²) in [6.45, 7) is 3.74. The van der Waals surface area contributed by atoms with Crippen molar-refractivity contribution >= 4 is 23.4 Å². The van der Waals surface area contributed by atoms with Crippen LogP contribution in [0.2, 0.25) is 0 Å². The predicted octanol–water partition coefficient (Wildman–Crippen LogP) is 4.26. The molecule has 1 radical (unpaired) electrons. The van der Waals surface area contributed by atoms with E-state index in [9.17, 15) is 0 Å². The Balaban J connectivity index is 2.70. The van der Waals surface area contributed by atoms with E-state index in [2.05, 4.69) is 30.8 Å². The van der Waals surface area contributed by atoms with E-state index in [1.54, 1.807) is 6.08 Å². The monoisotopic (exact) mass is 199 g/mol. The second-order valence-corrected chi connectivity index (χ2v) is 3.73. The molecule has 0 fully saturated rings. The van der Waals surface area contributed by atoms with E-state index < -0.39 is 0 Å². The van der Waals surface area contributed by atoms with Gasteiger partial charge in [0.25, 0.3) is 0 Å². The number of hydrogen-bond donors (Lipinski definition) is 0. The molecule has 2 aromatic rings. The van der Waals surface area contributed by atoms with Crippen molar-refractivity contribution in [3.05, 3.63) is 60.7 Å². The molecule has 2 rings (SSSR count). The van der Waals surface area contributed by atoms with Gasteiger partial charge >= 0.3 is 0 Å². The first-order valence-corrected chi connectivity index (χ1v) is 5.06. The largest absolute Gasteiger partial charge is 0.102 e. The van der Waals surface area contributed by atoms with Crippen LogP contribution in [0.4, 0.5) is 0 Å². The van der Waals surface area contributed by atoms with Crippen LogP contribution in [0, 0.1) is 0 Å². The summed E-state index contributed by atoms with van der Waals surface area (Å²) in [4.78, 5) is 0. The van der Waals surface area contributed by atoms with Crippen LogP contribution in [0.3, 0.4) is 0 Å². The van der Waals surface area contributed by atoms with Crippen molar-refractivity contribution in [2.45, 2.75) is 5.25 Å². The molecule has 1 heteroatoms. The number of rotatable bonds is 2. The molecule has 0 saturated carbocycles. The third-order valence-electron chi connectivity index (χ3n) is 2.34. The summed E-state index contributed by atoms with van der Waals surface area (Å²) in [7, 11) is 0. The summed E-state index contributed by atoms with van der Waals surface area (Å²) in [5, 5.41) is 2.47. The molecule has 14 heavy (non-hydrogen) atoms. The lowest BCUT2D eigenvalue weighted by molar-refractivity contribution is 1.28. The van der Waals surface area contributed by atoms with E-state index in [4.69, 9.17) is 12.6 Å².